The summed E-state index contributed by atoms with van der Waals surface area (Å²) < 4.78 is 5.90. The van der Waals surface area contributed by atoms with E-state index in [1.165, 1.54) is 0 Å². The number of halogens is 1. The molecule has 3 amide bonds. The van der Waals surface area contributed by atoms with Crippen LogP contribution in [-0.4, -0.2) is 70.8 Å². The van der Waals surface area contributed by atoms with E-state index in [9.17, 15) is 9.59 Å². The number of amides is 3. The lowest BCUT2D eigenvalue weighted by Crippen LogP contribution is -2.48. The topological polar surface area (TPSA) is 78.9 Å². The molecule has 0 aliphatic carbocycles. The van der Waals surface area contributed by atoms with Crippen LogP contribution in [-0.2, 0) is 4.79 Å². The first-order valence-electron chi connectivity index (χ1n) is 10.1. The first-order valence-corrected chi connectivity index (χ1v) is 10.4. The summed E-state index contributed by atoms with van der Waals surface area (Å²) in [4.78, 5) is 30.6. The molecule has 9 heteroatoms. The third-order valence-corrected chi connectivity index (χ3v) is 5.57. The van der Waals surface area contributed by atoms with Crippen molar-refractivity contribution in [2.45, 2.75) is 25.9 Å². The second-order valence-corrected chi connectivity index (χ2v) is 8.01. The maximum Gasteiger partial charge on any atom is 0.325 e. The van der Waals surface area contributed by atoms with Crippen molar-refractivity contribution in [3.05, 3.63) is 47.1 Å². The number of carbonyl (C=O) groups is 2. The molecule has 2 fully saturated rings. The largest absolute Gasteiger partial charge is 0.471 e. The number of urea groups is 1. The molecule has 3 heterocycles. The number of likely N-dealkylation sites (tertiary alicyclic amines) is 1. The predicted molar refractivity (Wildman–Crippen MR) is 113 cm³/mol. The van der Waals surface area contributed by atoms with Crippen LogP contribution in [0, 0.1) is 6.92 Å². The number of rotatable bonds is 5. The molecular weight excluding hydrogens is 406 g/mol. The van der Waals surface area contributed by atoms with E-state index >= 15 is 0 Å². The minimum absolute atomic E-state index is 0.0625. The fourth-order valence-corrected chi connectivity index (χ4v) is 3.94. The fourth-order valence-electron chi connectivity index (χ4n) is 3.76. The zero-order chi connectivity index (χ0) is 21.1. The molecule has 158 valence electrons. The molecule has 0 saturated carbocycles. The highest BCUT2D eigenvalue weighted by Gasteiger charge is 2.33. The summed E-state index contributed by atoms with van der Waals surface area (Å²) in [6, 6.07) is 10.6. The van der Waals surface area contributed by atoms with Gasteiger partial charge < -0.3 is 14.5 Å². The Morgan fingerprint density at radius 2 is 2.07 bits per heavy atom. The van der Waals surface area contributed by atoms with E-state index < -0.39 is 0 Å². The Hall–Kier alpha value is -2.87. The number of nitrogens with zero attached hydrogens (tertiary/aromatic N) is 5. The van der Waals surface area contributed by atoms with Gasteiger partial charge in [0.25, 0.3) is 0 Å². The average molecular weight is 430 g/mol. The van der Waals surface area contributed by atoms with E-state index in [4.69, 9.17) is 16.3 Å². The lowest BCUT2D eigenvalue weighted by molar-refractivity contribution is -0.134. The van der Waals surface area contributed by atoms with Crippen LogP contribution in [0.3, 0.4) is 0 Å². The maximum atomic E-state index is 12.8. The Morgan fingerprint density at radius 1 is 1.20 bits per heavy atom. The van der Waals surface area contributed by atoms with Crippen molar-refractivity contribution >= 4 is 29.2 Å². The van der Waals surface area contributed by atoms with Crippen LogP contribution in [0.1, 0.15) is 18.5 Å². The zero-order valence-corrected chi connectivity index (χ0v) is 17.6. The summed E-state index contributed by atoms with van der Waals surface area (Å²) in [7, 11) is 0. The van der Waals surface area contributed by atoms with Crippen LogP contribution in [0.2, 0.25) is 5.02 Å². The minimum atomic E-state index is -0.176. The van der Waals surface area contributed by atoms with Gasteiger partial charge in [0, 0.05) is 36.4 Å². The van der Waals surface area contributed by atoms with Gasteiger partial charge in [-0.3, -0.25) is 9.69 Å². The molecule has 0 radical (unpaired) electrons. The second-order valence-electron chi connectivity index (χ2n) is 7.57. The van der Waals surface area contributed by atoms with E-state index in [1.807, 2.05) is 25.1 Å². The number of aromatic nitrogens is 2. The third-order valence-electron chi connectivity index (χ3n) is 5.33. The monoisotopic (exact) mass is 429 g/mol. The van der Waals surface area contributed by atoms with E-state index in [-0.39, 0.29) is 24.6 Å². The van der Waals surface area contributed by atoms with Crippen LogP contribution in [0.15, 0.2) is 36.4 Å². The van der Waals surface area contributed by atoms with Crippen molar-refractivity contribution in [2.75, 3.05) is 37.6 Å². The highest BCUT2D eigenvalue weighted by molar-refractivity contribution is 6.30. The number of benzene rings is 1. The first-order chi connectivity index (χ1) is 14.5. The Bertz CT molecular complexity index is 923. The standard InChI is InChI=1S/C21H24ClN5O3/c1-15-7-8-19(24-23-15)30-18-6-3-9-25(13-18)20(28)14-26-10-11-27(21(26)29)17-5-2-4-16(22)12-17/h2,4-5,7-8,12,18H,3,6,9-11,13-14H2,1H3. The van der Waals surface area contributed by atoms with Gasteiger partial charge in [-0.25, -0.2) is 4.79 Å². The lowest BCUT2D eigenvalue weighted by Gasteiger charge is -2.33. The van der Waals surface area contributed by atoms with Crippen LogP contribution >= 0.6 is 11.6 Å². The summed E-state index contributed by atoms with van der Waals surface area (Å²) >= 11 is 6.04. The van der Waals surface area contributed by atoms with E-state index in [0.29, 0.717) is 37.1 Å². The van der Waals surface area contributed by atoms with Crippen LogP contribution in [0.5, 0.6) is 5.88 Å². The third kappa shape index (κ3) is 4.64. The molecule has 8 nitrogen and oxygen atoms in total. The first kappa shape index (κ1) is 20.4. The van der Waals surface area contributed by atoms with E-state index in [0.717, 1.165) is 24.2 Å². The highest BCUT2D eigenvalue weighted by Crippen LogP contribution is 2.24. The molecule has 4 rings (SSSR count). The van der Waals surface area contributed by atoms with Gasteiger partial charge in [-0.1, -0.05) is 17.7 Å². The Morgan fingerprint density at radius 3 is 2.83 bits per heavy atom. The van der Waals surface area contributed by atoms with Gasteiger partial charge in [0.2, 0.25) is 11.8 Å². The quantitative estimate of drug-likeness (QED) is 0.730. The van der Waals surface area contributed by atoms with Crippen LogP contribution < -0.4 is 9.64 Å². The van der Waals surface area contributed by atoms with Gasteiger partial charge in [0.1, 0.15) is 12.6 Å². The minimum Gasteiger partial charge on any atom is -0.471 e. The Balaban J connectivity index is 1.33. The lowest BCUT2D eigenvalue weighted by atomic mass is 10.1. The Kier molecular flexibility index (Phi) is 6.03. The molecular formula is C21H24ClN5O3. The number of piperidine rings is 1. The van der Waals surface area contributed by atoms with Gasteiger partial charge >= 0.3 is 6.03 Å². The number of hydrogen-bond acceptors (Lipinski definition) is 5. The summed E-state index contributed by atoms with van der Waals surface area (Å²) in [5.41, 5.74) is 1.57. The van der Waals surface area contributed by atoms with E-state index in [1.54, 1.807) is 32.9 Å². The average Bonchev–Trinajstić information content (AvgIpc) is 3.10. The summed E-state index contributed by atoms with van der Waals surface area (Å²) in [6.07, 6.45) is 1.57. The molecule has 2 aromatic rings. The molecule has 1 unspecified atom stereocenters. The molecule has 2 aliphatic heterocycles. The van der Waals surface area contributed by atoms with Gasteiger partial charge in [-0.2, -0.15) is 5.10 Å². The SMILES string of the molecule is Cc1ccc(OC2CCCN(C(=O)CN3CCN(c4cccc(Cl)c4)C3=O)C2)nn1. The molecule has 1 aromatic carbocycles. The van der Waals surface area contributed by atoms with Crippen molar-refractivity contribution < 1.29 is 14.3 Å². The van der Waals surface area contributed by atoms with Crippen molar-refractivity contribution in [3.8, 4) is 5.88 Å². The predicted octanol–water partition coefficient (Wildman–Crippen LogP) is 2.75. The molecule has 0 bridgehead atoms. The number of ether oxygens (including phenoxy) is 1. The van der Waals surface area contributed by atoms with Gasteiger partial charge in [-0.15, -0.1) is 5.10 Å². The smallest absolute Gasteiger partial charge is 0.325 e. The number of carbonyl (C=O) groups excluding carboxylic acids is 2. The fraction of sp³-hybridized carbons (Fsp3) is 0.429. The van der Waals surface area contributed by atoms with Crippen molar-refractivity contribution in [1.82, 2.24) is 20.0 Å². The molecule has 1 aromatic heterocycles. The maximum absolute atomic E-state index is 12.8. The summed E-state index contributed by atoms with van der Waals surface area (Å²) in [5, 5.41) is 8.61. The summed E-state index contributed by atoms with van der Waals surface area (Å²) in [6.45, 7) is 4.11. The zero-order valence-electron chi connectivity index (χ0n) is 16.8. The van der Waals surface area contributed by atoms with Crippen molar-refractivity contribution in [1.29, 1.82) is 0 Å². The molecule has 0 N–H and O–H groups in total. The van der Waals surface area contributed by atoms with Crippen LogP contribution in [0.25, 0.3) is 0 Å². The van der Waals surface area contributed by atoms with E-state index in [2.05, 4.69) is 10.2 Å². The van der Waals surface area contributed by atoms with Crippen LogP contribution in [0.4, 0.5) is 10.5 Å². The second kappa shape index (κ2) is 8.87. The number of aryl methyl sites for hydroxylation is 1. The number of anilines is 1. The highest BCUT2D eigenvalue weighted by atomic mass is 35.5. The summed E-state index contributed by atoms with van der Waals surface area (Å²) in [5.74, 6) is 0.395. The van der Waals surface area contributed by atoms with Crippen molar-refractivity contribution in [2.24, 2.45) is 0 Å². The Labute approximate surface area is 180 Å². The molecule has 1 atom stereocenters. The molecule has 0 spiro atoms. The van der Waals surface area contributed by atoms with Gasteiger partial charge in [0.05, 0.1) is 12.2 Å². The number of hydrogen-bond donors (Lipinski definition) is 0. The molecule has 2 aliphatic rings. The molecule has 30 heavy (non-hydrogen) atoms. The van der Waals surface area contributed by atoms with Crippen molar-refractivity contribution in [3.63, 3.8) is 0 Å². The van der Waals surface area contributed by atoms with Gasteiger partial charge in [-0.05, 0) is 44.0 Å². The normalized spacial score (nSPS) is 19.3. The van der Waals surface area contributed by atoms with Gasteiger partial charge in [0.15, 0.2) is 0 Å². The molecule has 2 saturated heterocycles.